The van der Waals surface area contributed by atoms with Crippen molar-refractivity contribution in [3.05, 3.63) is 44.4 Å². The van der Waals surface area contributed by atoms with Crippen molar-refractivity contribution >= 4 is 65.8 Å². The van der Waals surface area contributed by atoms with Crippen LogP contribution in [0.1, 0.15) is 0 Å². The zero-order valence-corrected chi connectivity index (χ0v) is 13.7. The van der Waals surface area contributed by atoms with Gasteiger partial charge in [-0.3, -0.25) is 0 Å². The number of rotatable bonds is 1. The molecule has 0 spiro atoms. The molecule has 0 saturated heterocycles. The summed E-state index contributed by atoms with van der Waals surface area (Å²) in [5, 5.41) is 1.01. The molecule has 2 N–H and O–H groups in total. The number of thiazole rings is 1. The third-order valence-electron chi connectivity index (χ3n) is 2.57. The highest BCUT2D eigenvalue weighted by Crippen LogP contribution is 2.35. The summed E-state index contributed by atoms with van der Waals surface area (Å²) in [4.78, 5) is 4.66. The van der Waals surface area contributed by atoms with Gasteiger partial charge in [0.1, 0.15) is 5.01 Å². The second kappa shape index (κ2) is 4.79. The summed E-state index contributed by atoms with van der Waals surface area (Å²) < 4.78 is 3.38. The normalized spacial score (nSPS) is 11.0. The topological polar surface area (TPSA) is 38.9 Å². The number of benzene rings is 2. The fourth-order valence-corrected chi connectivity index (χ4v) is 3.82. The summed E-state index contributed by atoms with van der Waals surface area (Å²) >= 11 is 7.55. The molecular weight excluding hydrogens is 423 g/mol. The Hall–Kier alpha value is -0.660. The molecule has 0 unspecified atom stereocenters. The Kier molecular flexibility index (Phi) is 3.29. The number of nitrogens with two attached hydrogens (primary N) is 1. The first-order valence-corrected chi connectivity index (χ1v) is 7.94. The van der Waals surface area contributed by atoms with Crippen molar-refractivity contribution in [2.45, 2.75) is 0 Å². The van der Waals surface area contributed by atoms with E-state index in [-0.39, 0.29) is 0 Å². The molecule has 0 atom stereocenters. The van der Waals surface area contributed by atoms with Crippen LogP contribution in [0.2, 0.25) is 0 Å². The van der Waals surface area contributed by atoms with Crippen LogP contribution < -0.4 is 5.73 Å². The number of aromatic nitrogens is 1. The highest BCUT2D eigenvalue weighted by atomic mass is 127. The van der Waals surface area contributed by atoms with Gasteiger partial charge in [-0.1, -0.05) is 15.9 Å². The molecule has 1 heterocycles. The molecule has 0 radical (unpaired) electrons. The van der Waals surface area contributed by atoms with E-state index in [2.05, 4.69) is 61.7 Å². The molecule has 3 aromatic rings. The van der Waals surface area contributed by atoms with Crippen LogP contribution in [0.5, 0.6) is 0 Å². The van der Waals surface area contributed by atoms with Crippen molar-refractivity contribution in [1.29, 1.82) is 0 Å². The fraction of sp³-hybridized carbons (Fsp3) is 0. The lowest BCUT2D eigenvalue weighted by molar-refractivity contribution is 1.46. The fourth-order valence-electron chi connectivity index (χ4n) is 1.72. The molecule has 0 fully saturated rings. The summed E-state index contributed by atoms with van der Waals surface area (Å²) in [7, 11) is 0. The largest absolute Gasteiger partial charge is 0.399 e. The number of nitrogen functional groups attached to an aromatic ring is 1. The second-order valence-corrected chi connectivity index (χ2v) is 7.00. The maximum absolute atomic E-state index is 5.79. The molecule has 5 heteroatoms. The molecule has 0 bridgehead atoms. The molecule has 0 aliphatic carbocycles. The van der Waals surface area contributed by atoms with Crippen LogP contribution in [0.15, 0.2) is 40.9 Å². The first-order chi connectivity index (χ1) is 8.63. The van der Waals surface area contributed by atoms with E-state index < -0.39 is 0 Å². The van der Waals surface area contributed by atoms with Crippen LogP contribution in [0.25, 0.3) is 20.8 Å². The summed E-state index contributed by atoms with van der Waals surface area (Å²) in [5.74, 6) is 0. The molecule has 1 aromatic heterocycles. The van der Waals surface area contributed by atoms with E-state index in [9.17, 15) is 0 Å². The minimum atomic E-state index is 0.777. The molecule has 0 aliphatic rings. The van der Waals surface area contributed by atoms with E-state index in [1.165, 1.54) is 3.57 Å². The Morgan fingerprint density at radius 1 is 1.17 bits per heavy atom. The molecule has 0 aliphatic heterocycles. The third kappa shape index (κ3) is 2.26. The molecule has 0 saturated carbocycles. The Balaban J connectivity index is 2.22. The van der Waals surface area contributed by atoms with Gasteiger partial charge in [-0.15, -0.1) is 11.3 Å². The predicted molar refractivity (Wildman–Crippen MR) is 89.9 cm³/mol. The van der Waals surface area contributed by atoms with Gasteiger partial charge in [0.25, 0.3) is 0 Å². The second-order valence-electron chi connectivity index (χ2n) is 3.87. The number of fused-ring (bicyclic) bond motifs is 1. The molecule has 3 rings (SSSR count). The average Bonchev–Trinajstić information content (AvgIpc) is 2.74. The lowest BCUT2D eigenvalue weighted by Crippen LogP contribution is -1.82. The molecule has 2 nitrogen and oxygen atoms in total. The number of hydrogen-bond donors (Lipinski definition) is 1. The number of anilines is 1. The van der Waals surface area contributed by atoms with E-state index in [4.69, 9.17) is 5.73 Å². The molecule has 2 aromatic carbocycles. The lowest BCUT2D eigenvalue weighted by atomic mass is 10.2. The Morgan fingerprint density at radius 2 is 2.00 bits per heavy atom. The van der Waals surface area contributed by atoms with Crippen LogP contribution in [0, 0.1) is 3.57 Å². The van der Waals surface area contributed by atoms with Gasteiger partial charge in [0, 0.05) is 19.3 Å². The van der Waals surface area contributed by atoms with Gasteiger partial charge >= 0.3 is 0 Å². The van der Waals surface area contributed by atoms with E-state index in [0.29, 0.717) is 0 Å². The van der Waals surface area contributed by atoms with Crippen molar-refractivity contribution < 1.29 is 0 Å². The van der Waals surface area contributed by atoms with E-state index in [1.807, 2.05) is 18.2 Å². The smallest absolute Gasteiger partial charge is 0.125 e. The Morgan fingerprint density at radius 3 is 2.83 bits per heavy atom. The van der Waals surface area contributed by atoms with Crippen LogP contribution in [0.3, 0.4) is 0 Å². The SMILES string of the molecule is Nc1ccc2nc(-c3cc(I)ccc3Br)sc2c1. The van der Waals surface area contributed by atoms with Crippen molar-refractivity contribution in [3.63, 3.8) is 0 Å². The zero-order chi connectivity index (χ0) is 12.7. The van der Waals surface area contributed by atoms with Crippen LogP contribution in [-0.4, -0.2) is 4.98 Å². The number of halogens is 2. The molecular formula is C13H8BrIN2S. The standard InChI is InChI=1S/C13H8BrIN2S/c14-10-3-1-7(15)5-9(10)13-17-11-4-2-8(16)6-12(11)18-13/h1-6H,16H2. The minimum Gasteiger partial charge on any atom is -0.399 e. The van der Waals surface area contributed by atoms with Gasteiger partial charge in [-0.05, 0) is 59.0 Å². The van der Waals surface area contributed by atoms with E-state index >= 15 is 0 Å². The average molecular weight is 431 g/mol. The molecule has 90 valence electrons. The maximum Gasteiger partial charge on any atom is 0.125 e. The minimum absolute atomic E-state index is 0.777. The van der Waals surface area contributed by atoms with Crippen LogP contribution in [0.4, 0.5) is 5.69 Å². The summed E-state index contributed by atoms with van der Waals surface area (Å²) in [6.45, 7) is 0. The van der Waals surface area contributed by atoms with Crippen molar-refractivity contribution in [3.8, 4) is 10.6 Å². The first kappa shape index (κ1) is 12.4. The van der Waals surface area contributed by atoms with Gasteiger partial charge in [0.05, 0.1) is 10.2 Å². The summed E-state index contributed by atoms with van der Waals surface area (Å²) in [6, 6.07) is 12.1. The van der Waals surface area contributed by atoms with E-state index in [0.717, 1.165) is 30.9 Å². The van der Waals surface area contributed by atoms with Gasteiger partial charge in [-0.2, -0.15) is 0 Å². The predicted octanol–water partition coefficient (Wildman–Crippen LogP) is 4.91. The van der Waals surface area contributed by atoms with Gasteiger partial charge in [-0.25, -0.2) is 4.98 Å². The van der Waals surface area contributed by atoms with E-state index in [1.54, 1.807) is 11.3 Å². The molecule has 0 amide bonds. The van der Waals surface area contributed by atoms with Crippen molar-refractivity contribution in [1.82, 2.24) is 4.98 Å². The first-order valence-electron chi connectivity index (χ1n) is 5.25. The third-order valence-corrected chi connectivity index (χ3v) is 4.99. The zero-order valence-electron chi connectivity index (χ0n) is 9.15. The Labute approximate surface area is 130 Å². The maximum atomic E-state index is 5.79. The number of hydrogen-bond acceptors (Lipinski definition) is 3. The molecule has 18 heavy (non-hydrogen) atoms. The van der Waals surface area contributed by atoms with Crippen LogP contribution in [-0.2, 0) is 0 Å². The quantitative estimate of drug-likeness (QED) is 0.440. The number of nitrogens with zero attached hydrogens (tertiary/aromatic N) is 1. The van der Waals surface area contributed by atoms with Gasteiger partial charge in [0.2, 0.25) is 0 Å². The van der Waals surface area contributed by atoms with Gasteiger partial charge < -0.3 is 5.73 Å². The van der Waals surface area contributed by atoms with Crippen molar-refractivity contribution in [2.24, 2.45) is 0 Å². The summed E-state index contributed by atoms with van der Waals surface area (Å²) in [6.07, 6.45) is 0. The van der Waals surface area contributed by atoms with Crippen LogP contribution >= 0.6 is 49.9 Å². The highest BCUT2D eigenvalue weighted by Gasteiger charge is 2.10. The Bertz CT molecular complexity index is 739. The van der Waals surface area contributed by atoms with Gasteiger partial charge in [0.15, 0.2) is 0 Å². The van der Waals surface area contributed by atoms with Crippen molar-refractivity contribution in [2.75, 3.05) is 5.73 Å². The monoisotopic (exact) mass is 430 g/mol. The lowest BCUT2D eigenvalue weighted by Gasteiger charge is -2.00. The summed E-state index contributed by atoms with van der Waals surface area (Å²) in [5.41, 5.74) is 8.69. The highest BCUT2D eigenvalue weighted by molar-refractivity contribution is 14.1.